The molecule has 2 rings (SSSR count). The SMILES string of the molecule is CSC1CCCCC1n1c(CO)nnc1SCC(=O)O. The van der Waals surface area contributed by atoms with E-state index in [4.69, 9.17) is 5.11 Å². The van der Waals surface area contributed by atoms with Crippen LogP contribution in [0.1, 0.15) is 37.5 Å². The molecule has 1 saturated carbocycles. The third-order valence-electron chi connectivity index (χ3n) is 3.50. The Bertz CT molecular complexity index is 467. The third-order valence-corrected chi connectivity index (χ3v) is 5.59. The van der Waals surface area contributed by atoms with E-state index in [9.17, 15) is 9.90 Å². The van der Waals surface area contributed by atoms with Gasteiger partial charge < -0.3 is 10.2 Å². The number of aliphatic carboxylic acids is 1. The second-order valence-corrected chi connectivity index (χ2v) is 6.75. The molecule has 2 N–H and O–H groups in total. The van der Waals surface area contributed by atoms with Crippen molar-refractivity contribution in [2.24, 2.45) is 0 Å². The molecule has 0 saturated heterocycles. The summed E-state index contributed by atoms with van der Waals surface area (Å²) in [5.41, 5.74) is 0. The molecule has 2 atom stereocenters. The molecule has 0 amide bonds. The number of carboxylic acids is 1. The molecule has 0 aliphatic heterocycles. The Morgan fingerprint density at radius 2 is 2.15 bits per heavy atom. The minimum absolute atomic E-state index is 0.0415. The van der Waals surface area contributed by atoms with E-state index in [-0.39, 0.29) is 18.4 Å². The number of thioether (sulfide) groups is 2. The second-order valence-electron chi connectivity index (χ2n) is 4.74. The summed E-state index contributed by atoms with van der Waals surface area (Å²) in [6.45, 7) is -0.168. The molecular weight excluding hydrogens is 298 g/mol. The first-order valence-electron chi connectivity index (χ1n) is 6.59. The molecule has 1 aliphatic rings. The Morgan fingerprint density at radius 3 is 2.80 bits per heavy atom. The highest BCUT2D eigenvalue weighted by molar-refractivity contribution is 7.99. The van der Waals surface area contributed by atoms with Crippen LogP contribution >= 0.6 is 23.5 Å². The molecular formula is C12H19N3O3S2. The van der Waals surface area contributed by atoms with Crippen LogP contribution in [0.5, 0.6) is 0 Å². The number of aliphatic hydroxyl groups excluding tert-OH is 1. The maximum atomic E-state index is 10.7. The van der Waals surface area contributed by atoms with E-state index in [1.165, 1.54) is 18.2 Å². The number of hydrogen-bond acceptors (Lipinski definition) is 6. The minimum atomic E-state index is -0.875. The molecule has 0 bridgehead atoms. The molecule has 1 aromatic rings. The van der Waals surface area contributed by atoms with E-state index < -0.39 is 5.97 Å². The summed E-state index contributed by atoms with van der Waals surface area (Å²) in [6, 6.07) is 0.243. The molecule has 1 aromatic heterocycles. The highest BCUT2D eigenvalue weighted by Crippen LogP contribution is 2.38. The van der Waals surface area contributed by atoms with Gasteiger partial charge in [-0.1, -0.05) is 24.6 Å². The third kappa shape index (κ3) is 3.48. The van der Waals surface area contributed by atoms with E-state index in [1.54, 1.807) is 0 Å². The molecule has 112 valence electrons. The molecule has 20 heavy (non-hydrogen) atoms. The molecule has 8 heteroatoms. The zero-order valence-corrected chi connectivity index (χ0v) is 13.0. The summed E-state index contributed by atoms with van der Waals surface area (Å²) in [7, 11) is 0. The van der Waals surface area contributed by atoms with E-state index in [2.05, 4.69) is 16.5 Å². The normalized spacial score (nSPS) is 22.9. The number of rotatable bonds is 6. The van der Waals surface area contributed by atoms with Gasteiger partial charge in [-0.15, -0.1) is 10.2 Å². The van der Waals surface area contributed by atoms with Crippen molar-refractivity contribution >= 4 is 29.5 Å². The van der Waals surface area contributed by atoms with E-state index in [1.807, 2.05) is 16.3 Å². The molecule has 0 radical (unpaired) electrons. The van der Waals surface area contributed by atoms with Gasteiger partial charge in [0.1, 0.15) is 6.61 Å². The molecule has 2 unspecified atom stereocenters. The summed E-state index contributed by atoms with van der Waals surface area (Å²) in [6.07, 6.45) is 6.62. The Hall–Kier alpha value is -0.730. The summed E-state index contributed by atoms with van der Waals surface area (Å²) in [5.74, 6) is -0.385. The molecule has 1 fully saturated rings. The van der Waals surface area contributed by atoms with Gasteiger partial charge in [-0.2, -0.15) is 11.8 Å². The van der Waals surface area contributed by atoms with Gasteiger partial charge in [-0.3, -0.25) is 9.36 Å². The summed E-state index contributed by atoms with van der Waals surface area (Å²) in [5, 5.41) is 27.4. The highest BCUT2D eigenvalue weighted by atomic mass is 32.2. The first-order chi connectivity index (χ1) is 9.67. The lowest BCUT2D eigenvalue weighted by atomic mass is 9.94. The smallest absolute Gasteiger partial charge is 0.313 e. The monoisotopic (exact) mass is 317 g/mol. The van der Waals surface area contributed by atoms with E-state index in [0.29, 0.717) is 16.2 Å². The zero-order chi connectivity index (χ0) is 14.5. The first-order valence-corrected chi connectivity index (χ1v) is 8.86. The van der Waals surface area contributed by atoms with Crippen LogP contribution in [0.4, 0.5) is 0 Å². The van der Waals surface area contributed by atoms with Crippen LogP contribution in [0.15, 0.2) is 5.16 Å². The number of carboxylic acid groups (broad SMARTS) is 1. The van der Waals surface area contributed by atoms with Crippen LogP contribution in [-0.4, -0.2) is 48.2 Å². The molecule has 1 heterocycles. The molecule has 6 nitrogen and oxygen atoms in total. The average Bonchev–Trinajstić information content (AvgIpc) is 2.87. The molecule has 0 spiro atoms. The Balaban J connectivity index is 2.26. The van der Waals surface area contributed by atoms with Gasteiger partial charge in [0.25, 0.3) is 0 Å². The van der Waals surface area contributed by atoms with Crippen LogP contribution in [0, 0.1) is 0 Å². The summed E-state index contributed by atoms with van der Waals surface area (Å²) >= 11 is 2.99. The van der Waals surface area contributed by atoms with Crippen molar-refractivity contribution < 1.29 is 15.0 Å². The van der Waals surface area contributed by atoms with Crippen molar-refractivity contribution in [2.75, 3.05) is 12.0 Å². The van der Waals surface area contributed by atoms with Crippen molar-refractivity contribution in [3.63, 3.8) is 0 Å². The quantitative estimate of drug-likeness (QED) is 0.773. The topological polar surface area (TPSA) is 88.2 Å². The van der Waals surface area contributed by atoms with Crippen molar-refractivity contribution in [1.82, 2.24) is 14.8 Å². The average molecular weight is 317 g/mol. The number of carbonyl (C=O) groups is 1. The number of aromatic nitrogens is 3. The predicted octanol–water partition coefficient (Wildman–Crippen LogP) is 1.79. The van der Waals surface area contributed by atoms with Crippen LogP contribution in [0.3, 0.4) is 0 Å². The standard InChI is InChI=1S/C12H19N3O3S2/c1-19-9-5-3-2-4-8(9)15-10(6-16)13-14-12(15)20-7-11(17)18/h8-9,16H,2-7H2,1H3,(H,17,18). The van der Waals surface area contributed by atoms with Crippen molar-refractivity contribution in [3.05, 3.63) is 5.82 Å². The Morgan fingerprint density at radius 1 is 1.40 bits per heavy atom. The molecule has 1 aliphatic carbocycles. The lowest BCUT2D eigenvalue weighted by Crippen LogP contribution is -2.27. The molecule has 0 aromatic carbocycles. The van der Waals surface area contributed by atoms with Gasteiger partial charge in [0.2, 0.25) is 0 Å². The fourth-order valence-electron chi connectivity index (χ4n) is 2.62. The second kappa shape index (κ2) is 7.33. The van der Waals surface area contributed by atoms with Crippen molar-refractivity contribution in [1.29, 1.82) is 0 Å². The largest absolute Gasteiger partial charge is 0.481 e. The fraction of sp³-hybridized carbons (Fsp3) is 0.750. The van der Waals surface area contributed by atoms with Crippen LogP contribution < -0.4 is 0 Å². The van der Waals surface area contributed by atoms with E-state index in [0.717, 1.165) is 19.3 Å². The lowest BCUT2D eigenvalue weighted by molar-refractivity contribution is -0.133. The van der Waals surface area contributed by atoms with Crippen molar-refractivity contribution in [3.8, 4) is 0 Å². The van der Waals surface area contributed by atoms with Crippen LogP contribution in [-0.2, 0) is 11.4 Å². The highest BCUT2D eigenvalue weighted by Gasteiger charge is 2.30. The van der Waals surface area contributed by atoms with Gasteiger partial charge in [0.05, 0.1) is 5.75 Å². The summed E-state index contributed by atoms with van der Waals surface area (Å²) < 4.78 is 1.95. The number of nitrogens with zero attached hydrogens (tertiary/aromatic N) is 3. The van der Waals surface area contributed by atoms with Gasteiger partial charge >= 0.3 is 5.97 Å². The van der Waals surface area contributed by atoms with Gasteiger partial charge in [0, 0.05) is 11.3 Å². The number of hydrogen-bond donors (Lipinski definition) is 2. The zero-order valence-electron chi connectivity index (χ0n) is 11.4. The Labute approximate surface area is 126 Å². The predicted molar refractivity (Wildman–Crippen MR) is 79.1 cm³/mol. The maximum absolute atomic E-state index is 10.7. The van der Waals surface area contributed by atoms with Gasteiger partial charge in [-0.05, 0) is 19.1 Å². The summed E-state index contributed by atoms with van der Waals surface area (Å²) in [4.78, 5) is 10.7. The maximum Gasteiger partial charge on any atom is 0.313 e. The van der Waals surface area contributed by atoms with Gasteiger partial charge in [-0.25, -0.2) is 0 Å². The van der Waals surface area contributed by atoms with Crippen LogP contribution in [0.2, 0.25) is 0 Å². The van der Waals surface area contributed by atoms with Crippen LogP contribution in [0.25, 0.3) is 0 Å². The minimum Gasteiger partial charge on any atom is -0.481 e. The first kappa shape index (κ1) is 15.7. The van der Waals surface area contributed by atoms with Crippen molar-refractivity contribution in [2.45, 2.75) is 48.7 Å². The Kier molecular flexibility index (Phi) is 5.74. The number of aliphatic hydroxyl groups is 1. The fourth-order valence-corrected chi connectivity index (χ4v) is 4.33. The lowest BCUT2D eigenvalue weighted by Gasteiger charge is -2.32. The van der Waals surface area contributed by atoms with Gasteiger partial charge in [0.15, 0.2) is 11.0 Å². The van der Waals surface area contributed by atoms with E-state index >= 15 is 0 Å².